The minimum absolute atomic E-state index is 0.00224. The molecule has 0 spiro atoms. The van der Waals surface area contributed by atoms with Gasteiger partial charge in [-0.05, 0) is 18.1 Å². The van der Waals surface area contributed by atoms with Gasteiger partial charge in [-0.15, -0.1) is 0 Å². The first-order chi connectivity index (χ1) is 8.62. The van der Waals surface area contributed by atoms with Crippen LogP contribution in [0, 0.1) is 17.6 Å². The highest BCUT2D eigenvalue weighted by molar-refractivity contribution is 8.13. The lowest BCUT2D eigenvalue weighted by Crippen LogP contribution is -2.13. The first kappa shape index (κ1) is 15.8. The Bertz CT molecular complexity index is 599. The number of hydrogen-bond acceptors (Lipinski definition) is 4. The highest BCUT2D eigenvalue weighted by Crippen LogP contribution is 2.22. The van der Waals surface area contributed by atoms with Crippen molar-refractivity contribution in [2.45, 2.75) is 18.7 Å². The van der Waals surface area contributed by atoms with Crippen molar-refractivity contribution < 1.29 is 26.7 Å². The molecule has 0 unspecified atom stereocenters. The Hall–Kier alpha value is -1.21. The predicted molar refractivity (Wildman–Crippen MR) is 64.5 cm³/mol. The summed E-state index contributed by atoms with van der Waals surface area (Å²) in [7, 11) is 0.746. The van der Waals surface area contributed by atoms with E-state index in [-0.39, 0.29) is 12.5 Å². The van der Waals surface area contributed by atoms with E-state index in [4.69, 9.17) is 15.4 Å². The van der Waals surface area contributed by atoms with Crippen LogP contribution in [0.3, 0.4) is 0 Å². The molecule has 0 saturated carbocycles. The van der Waals surface area contributed by atoms with Gasteiger partial charge in [-0.25, -0.2) is 22.0 Å². The number of esters is 1. The van der Waals surface area contributed by atoms with E-state index in [1.807, 2.05) is 0 Å². The number of halogens is 3. The Labute approximate surface area is 113 Å². The van der Waals surface area contributed by atoms with Crippen molar-refractivity contribution in [3.8, 4) is 0 Å². The minimum Gasteiger partial charge on any atom is -0.462 e. The maximum atomic E-state index is 13.4. The summed E-state index contributed by atoms with van der Waals surface area (Å²) in [6.45, 7) is 3.51. The second-order valence-corrected chi connectivity index (χ2v) is 6.76. The molecule has 0 aliphatic carbocycles. The molecule has 0 aliphatic rings. The fourth-order valence-electron chi connectivity index (χ4n) is 1.17. The summed E-state index contributed by atoms with van der Waals surface area (Å²) in [5, 5.41) is 0. The highest BCUT2D eigenvalue weighted by atomic mass is 35.7. The summed E-state index contributed by atoms with van der Waals surface area (Å²) in [5.41, 5.74) is -0.806. The quantitative estimate of drug-likeness (QED) is 0.633. The van der Waals surface area contributed by atoms with E-state index in [0.717, 1.165) is 0 Å². The second kappa shape index (κ2) is 5.83. The van der Waals surface area contributed by atoms with Crippen molar-refractivity contribution in [1.29, 1.82) is 0 Å². The molecule has 1 aromatic rings. The van der Waals surface area contributed by atoms with Crippen LogP contribution in [0.25, 0.3) is 0 Å². The molecular weight excluding hydrogens is 302 g/mol. The van der Waals surface area contributed by atoms with Crippen LogP contribution in [-0.2, 0) is 13.8 Å². The maximum Gasteiger partial charge on any atom is 0.341 e. The molecule has 1 rings (SSSR count). The van der Waals surface area contributed by atoms with Crippen LogP contribution in [0.2, 0.25) is 0 Å². The van der Waals surface area contributed by atoms with Gasteiger partial charge in [-0.1, -0.05) is 13.8 Å². The Balaban J connectivity index is 3.20. The van der Waals surface area contributed by atoms with E-state index in [0.29, 0.717) is 12.1 Å². The summed E-state index contributed by atoms with van der Waals surface area (Å²) in [4.78, 5) is 10.8. The van der Waals surface area contributed by atoms with Crippen molar-refractivity contribution >= 4 is 25.7 Å². The molecule has 0 heterocycles. The van der Waals surface area contributed by atoms with Gasteiger partial charge in [-0.2, -0.15) is 0 Å². The molecule has 0 atom stereocenters. The predicted octanol–water partition coefficient (Wildman–Crippen LogP) is 2.71. The molecule has 106 valence electrons. The lowest BCUT2D eigenvalue weighted by Gasteiger charge is -2.09. The number of carbonyl (C=O) groups is 1. The van der Waals surface area contributed by atoms with Gasteiger partial charge in [-0.3, -0.25) is 0 Å². The Morgan fingerprint density at radius 3 is 2.42 bits per heavy atom. The average Bonchev–Trinajstić information content (AvgIpc) is 2.27. The van der Waals surface area contributed by atoms with Gasteiger partial charge < -0.3 is 4.74 Å². The molecule has 0 saturated heterocycles. The second-order valence-electron chi connectivity index (χ2n) is 4.20. The Kier molecular flexibility index (Phi) is 4.86. The summed E-state index contributed by atoms with van der Waals surface area (Å²) < 4.78 is 53.5. The number of benzene rings is 1. The molecular formula is C11H11ClF2O4S. The zero-order chi connectivity index (χ0) is 14.8. The lowest BCUT2D eigenvalue weighted by molar-refractivity contribution is 0.0452. The topological polar surface area (TPSA) is 60.4 Å². The monoisotopic (exact) mass is 312 g/mol. The molecule has 1 aromatic carbocycles. The van der Waals surface area contributed by atoms with Gasteiger partial charge in [0.15, 0.2) is 11.6 Å². The summed E-state index contributed by atoms with van der Waals surface area (Å²) in [5.74, 6) is -4.11. The Morgan fingerprint density at radius 1 is 1.37 bits per heavy atom. The van der Waals surface area contributed by atoms with Gasteiger partial charge in [0.1, 0.15) is 0 Å². The van der Waals surface area contributed by atoms with Crippen LogP contribution in [0.5, 0.6) is 0 Å². The zero-order valence-electron chi connectivity index (χ0n) is 10.1. The van der Waals surface area contributed by atoms with E-state index in [2.05, 4.69) is 0 Å². The normalized spacial score (nSPS) is 11.7. The van der Waals surface area contributed by atoms with Crippen molar-refractivity contribution in [1.82, 2.24) is 0 Å². The summed E-state index contributed by atoms with van der Waals surface area (Å²) in [6.07, 6.45) is 0. The van der Waals surface area contributed by atoms with E-state index in [1.165, 1.54) is 0 Å². The smallest absolute Gasteiger partial charge is 0.341 e. The standard InChI is InChI=1S/C11H11ClF2O4S/c1-6(2)5-18-11(15)8-3-7(19(12,16)17)4-9(13)10(8)14/h3-4,6H,5H2,1-2H3. The molecule has 8 heteroatoms. The first-order valence-electron chi connectivity index (χ1n) is 5.23. The SMILES string of the molecule is CC(C)COC(=O)c1cc(S(=O)(=O)Cl)cc(F)c1F. The van der Waals surface area contributed by atoms with Gasteiger partial charge in [0, 0.05) is 10.7 Å². The number of rotatable bonds is 4. The minimum atomic E-state index is -4.27. The van der Waals surface area contributed by atoms with Crippen LogP contribution in [0.4, 0.5) is 8.78 Å². The molecule has 0 bridgehead atoms. The fourth-order valence-corrected chi connectivity index (χ4v) is 1.94. The molecule has 0 aliphatic heterocycles. The highest BCUT2D eigenvalue weighted by Gasteiger charge is 2.23. The van der Waals surface area contributed by atoms with Crippen LogP contribution in [0.15, 0.2) is 17.0 Å². The molecule has 0 fully saturated rings. The van der Waals surface area contributed by atoms with Crippen molar-refractivity contribution in [3.63, 3.8) is 0 Å². The van der Waals surface area contributed by atoms with Crippen molar-refractivity contribution in [2.75, 3.05) is 6.61 Å². The number of hydrogen-bond donors (Lipinski definition) is 0. The van der Waals surface area contributed by atoms with Gasteiger partial charge in [0.2, 0.25) is 0 Å². The lowest BCUT2D eigenvalue weighted by atomic mass is 10.2. The third kappa shape index (κ3) is 4.14. The van der Waals surface area contributed by atoms with E-state index in [1.54, 1.807) is 13.8 Å². The first-order valence-corrected chi connectivity index (χ1v) is 7.54. The van der Waals surface area contributed by atoms with Crippen LogP contribution in [0.1, 0.15) is 24.2 Å². The van der Waals surface area contributed by atoms with Crippen molar-refractivity contribution in [2.24, 2.45) is 5.92 Å². The zero-order valence-corrected chi connectivity index (χ0v) is 11.7. The maximum absolute atomic E-state index is 13.4. The molecule has 19 heavy (non-hydrogen) atoms. The van der Waals surface area contributed by atoms with Gasteiger partial charge in [0.25, 0.3) is 9.05 Å². The number of carbonyl (C=O) groups excluding carboxylic acids is 1. The Morgan fingerprint density at radius 2 is 1.95 bits per heavy atom. The van der Waals surface area contributed by atoms with Crippen LogP contribution < -0.4 is 0 Å². The van der Waals surface area contributed by atoms with Gasteiger partial charge >= 0.3 is 5.97 Å². The fraction of sp³-hybridized carbons (Fsp3) is 0.364. The largest absolute Gasteiger partial charge is 0.462 e. The summed E-state index contributed by atoms with van der Waals surface area (Å²) >= 11 is 0. The number of ether oxygens (including phenoxy) is 1. The molecule has 0 amide bonds. The van der Waals surface area contributed by atoms with Gasteiger partial charge in [0.05, 0.1) is 17.1 Å². The van der Waals surface area contributed by atoms with Crippen molar-refractivity contribution in [3.05, 3.63) is 29.3 Å². The third-order valence-electron chi connectivity index (χ3n) is 2.05. The summed E-state index contributed by atoms with van der Waals surface area (Å²) in [6, 6.07) is 1.04. The van der Waals surface area contributed by atoms with E-state index in [9.17, 15) is 22.0 Å². The molecule has 0 aromatic heterocycles. The van der Waals surface area contributed by atoms with Crippen LogP contribution >= 0.6 is 10.7 Å². The van der Waals surface area contributed by atoms with E-state index < -0.39 is 37.1 Å². The molecule has 0 radical (unpaired) electrons. The van der Waals surface area contributed by atoms with Crippen LogP contribution in [-0.4, -0.2) is 21.0 Å². The average molecular weight is 313 g/mol. The molecule has 4 nitrogen and oxygen atoms in total. The third-order valence-corrected chi connectivity index (χ3v) is 3.38. The molecule has 0 N–H and O–H groups in total. The van der Waals surface area contributed by atoms with E-state index >= 15 is 0 Å².